The van der Waals surface area contributed by atoms with Crippen LogP contribution in [0.1, 0.15) is 23.6 Å². The first-order valence-corrected chi connectivity index (χ1v) is 8.37. The van der Waals surface area contributed by atoms with Crippen molar-refractivity contribution in [3.05, 3.63) is 44.2 Å². The van der Waals surface area contributed by atoms with Gasteiger partial charge in [-0.15, -0.1) is 11.3 Å². The molecule has 0 spiro atoms. The lowest BCUT2D eigenvalue weighted by atomic mass is 10.2. The first-order chi connectivity index (χ1) is 9.60. The lowest BCUT2D eigenvalue weighted by Crippen LogP contribution is -2.19. The standard InChI is InChI=1S/C15H20BrN3S/c1-4-17-7-12-5-11(2)15(18-8-12)19(3)9-13-6-14(16)20-10-13/h5-6,8,10,17H,4,7,9H2,1-3H3. The van der Waals surface area contributed by atoms with Crippen LogP contribution in [-0.4, -0.2) is 18.6 Å². The predicted octanol–water partition coefficient (Wildman–Crippen LogP) is 3.96. The summed E-state index contributed by atoms with van der Waals surface area (Å²) in [5.41, 5.74) is 3.76. The summed E-state index contributed by atoms with van der Waals surface area (Å²) < 4.78 is 1.17. The molecule has 0 aromatic carbocycles. The van der Waals surface area contributed by atoms with Gasteiger partial charge in [0.05, 0.1) is 3.79 Å². The van der Waals surface area contributed by atoms with Gasteiger partial charge in [-0.1, -0.05) is 6.92 Å². The number of hydrogen-bond acceptors (Lipinski definition) is 4. The number of nitrogens with one attached hydrogen (secondary N) is 1. The molecule has 5 heteroatoms. The van der Waals surface area contributed by atoms with E-state index in [1.165, 1.54) is 20.5 Å². The van der Waals surface area contributed by atoms with Gasteiger partial charge >= 0.3 is 0 Å². The Kier molecular flexibility index (Phi) is 5.57. The Morgan fingerprint density at radius 2 is 2.15 bits per heavy atom. The van der Waals surface area contributed by atoms with E-state index in [1.807, 2.05) is 6.20 Å². The number of nitrogens with zero attached hydrogens (tertiary/aromatic N) is 2. The summed E-state index contributed by atoms with van der Waals surface area (Å²) in [6, 6.07) is 4.38. The average molecular weight is 354 g/mol. The molecule has 0 saturated carbocycles. The average Bonchev–Trinajstić information content (AvgIpc) is 2.81. The van der Waals surface area contributed by atoms with E-state index in [9.17, 15) is 0 Å². The number of halogens is 1. The minimum atomic E-state index is 0.877. The number of pyridine rings is 1. The van der Waals surface area contributed by atoms with E-state index in [2.05, 4.69) is 69.5 Å². The lowest BCUT2D eigenvalue weighted by Gasteiger charge is -2.20. The van der Waals surface area contributed by atoms with Crippen LogP contribution in [0.25, 0.3) is 0 Å². The van der Waals surface area contributed by atoms with Crippen LogP contribution in [0.4, 0.5) is 5.82 Å². The van der Waals surface area contributed by atoms with Crippen molar-refractivity contribution < 1.29 is 0 Å². The predicted molar refractivity (Wildman–Crippen MR) is 90.5 cm³/mol. The van der Waals surface area contributed by atoms with Gasteiger partial charge in [0.15, 0.2) is 0 Å². The van der Waals surface area contributed by atoms with Crippen LogP contribution in [0.5, 0.6) is 0 Å². The van der Waals surface area contributed by atoms with Gasteiger partial charge in [0, 0.05) is 26.3 Å². The molecule has 0 aliphatic rings. The van der Waals surface area contributed by atoms with Crippen molar-refractivity contribution in [3.63, 3.8) is 0 Å². The van der Waals surface area contributed by atoms with Crippen molar-refractivity contribution in [1.82, 2.24) is 10.3 Å². The number of aryl methyl sites for hydroxylation is 1. The van der Waals surface area contributed by atoms with Crippen molar-refractivity contribution in [2.45, 2.75) is 26.9 Å². The van der Waals surface area contributed by atoms with E-state index in [4.69, 9.17) is 0 Å². The summed E-state index contributed by atoms with van der Waals surface area (Å²) in [6.07, 6.45) is 1.96. The minimum Gasteiger partial charge on any atom is -0.355 e. The number of aromatic nitrogens is 1. The van der Waals surface area contributed by atoms with E-state index < -0.39 is 0 Å². The van der Waals surface area contributed by atoms with Gasteiger partial charge in [0.25, 0.3) is 0 Å². The molecule has 0 atom stereocenters. The topological polar surface area (TPSA) is 28.2 Å². The summed E-state index contributed by atoms with van der Waals surface area (Å²) in [6.45, 7) is 6.97. The molecule has 0 saturated heterocycles. The van der Waals surface area contributed by atoms with Crippen LogP contribution in [0.15, 0.2) is 27.5 Å². The zero-order valence-corrected chi connectivity index (χ0v) is 14.5. The zero-order chi connectivity index (χ0) is 14.5. The summed E-state index contributed by atoms with van der Waals surface area (Å²) in [5, 5.41) is 5.50. The highest BCUT2D eigenvalue weighted by atomic mass is 79.9. The number of thiophene rings is 1. The second kappa shape index (κ2) is 7.20. The molecule has 2 rings (SSSR count). The molecule has 2 aromatic rings. The Labute approximate surface area is 133 Å². The quantitative estimate of drug-likeness (QED) is 0.851. The van der Waals surface area contributed by atoms with Gasteiger partial charge < -0.3 is 10.2 Å². The van der Waals surface area contributed by atoms with Crippen LogP contribution in [-0.2, 0) is 13.1 Å². The maximum absolute atomic E-state index is 4.61. The van der Waals surface area contributed by atoms with Crippen LogP contribution in [0, 0.1) is 6.92 Å². The van der Waals surface area contributed by atoms with Crippen LogP contribution < -0.4 is 10.2 Å². The molecule has 3 nitrogen and oxygen atoms in total. The molecule has 0 amide bonds. The van der Waals surface area contributed by atoms with Gasteiger partial charge in [-0.25, -0.2) is 4.98 Å². The van der Waals surface area contributed by atoms with Crippen LogP contribution in [0.2, 0.25) is 0 Å². The largest absolute Gasteiger partial charge is 0.355 e. The van der Waals surface area contributed by atoms with Crippen molar-refractivity contribution in [2.24, 2.45) is 0 Å². The highest BCUT2D eigenvalue weighted by Crippen LogP contribution is 2.24. The smallest absolute Gasteiger partial charge is 0.131 e. The fraction of sp³-hybridized carbons (Fsp3) is 0.400. The first kappa shape index (κ1) is 15.5. The molecular formula is C15H20BrN3S. The third-order valence-corrected chi connectivity index (χ3v) is 4.64. The maximum atomic E-state index is 4.61. The Bertz CT molecular complexity index is 568. The highest BCUT2D eigenvalue weighted by molar-refractivity contribution is 9.11. The monoisotopic (exact) mass is 353 g/mol. The van der Waals surface area contributed by atoms with Gasteiger partial charge in [-0.2, -0.15) is 0 Å². The fourth-order valence-electron chi connectivity index (χ4n) is 2.17. The molecule has 20 heavy (non-hydrogen) atoms. The molecule has 0 radical (unpaired) electrons. The number of anilines is 1. The first-order valence-electron chi connectivity index (χ1n) is 6.70. The van der Waals surface area contributed by atoms with Crippen molar-refractivity contribution in [2.75, 3.05) is 18.5 Å². The summed E-state index contributed by atoms with van der Waals surface area (Å²) in [5.74, 6) is 1.05. The van der Waals surface area contributed by atoms with E-state index in [0.29, 0.717) is 0 Å². The fourth-order valence-corrected chi connectivity index (χ4v) is 3.37. The second-order valence-electron chi connectivity index (χ2n) is 4.88. The molecule has 0 fully saturated rings. The molecule has 108 valence electrons. The molecule has 0 unspecified atom stereocenters. The summed E-state index contributed by atoms with van der Waals surface area (Å²) in [7, 11) is 2.09. The minimum absolute atomic E-state index is 0.877. The Morgan fingerprint density at radius 1 is 1.35 bits per heavy atom. The van der Waals surface area contributed by atoms with Crippen molar-refractivity contribution >= 4 is 33.1 Å². The Balaban J connectivity index is 2.07. The lowest BCUT2D eigenvalue weighted by molar-refractivity contribution is 0.723. The van der Waals surface area contributed by atoms with E-state index in [-0.39, 0.29) is 0 Å². The van der Waals surface area contributed by atoms with E-state index in [0.717, 1.165) is 25.5 Å². The van der Waals surface area contributed by atoms with Gasteiger partial charge in [0.2, 0.25) is 0 Å². The SMILES string of the molecule is CCNCc1cnc(N(C)Cc2csc(Br)c2)c(C)c1. The Morgan fingerprint density at radius 3 is 2.75 bits per heavy atom. The third kappa shape index (κ3) is 4.04. The molecule has 0 bridgehead atoms. The number of rotatable bonds is 6. The molecule has 0 aliphatic carbocycles. The van der Waals surface area contributed by atoms with Crippen molar-refractivity contribution in [1.29, 1.82) is 0 Å². The normalized spacial score (nSPS) is 10.8. The molecule has 2 aromatic heterocycles. The Hall–Kier alpha value is -0.910. The molecular weight excluding hydrogens is 334 g/mol. The van der Waals surface area contributed by atoms with Gasteiger partial charge in [0.1, 0.15) is 5.82 Å². The van der Waals surface area contributed by atoms with Crippen LogP contribution >= 0.6 is 27.3 Å². The molecule has 0 aliphatic heterocycles. The highest BCUT2D eigenvalue weighted by Gasteiger charge is 2.09. The van der Waals surface area contributed by atoms with Crippen molar-refractivity contribution in [3.8, 4) is 0 Å². The van der Waals surface area contributed by atoms with E-state index >= 15 is 0 Å². The molecule has 1 N–H and O–H groups in total. The van der Waals surface area contributed by atoms with Gasteiger partial charge in [-0.3, -0.25) is 0 Å². The third-order valence-electron chi connectivity index (χ3n) is 3.09. The molecule has 2 heterocycles. The zero-order valence-electron chi connectivity index (χ0n) is 12.1. The second-order valence-corrected chi connectivity index (χ2v) is 7.17. The van der Waals surface area contributed by atoms with Gasteiger partial charge in [-0.05, 0) is 63.6 Å². The maximum Gasteiger partial charge on any atom is 0.131 e. The van der Waals surface area contributed by atoms with E-state index in [1.54, 1.807) is 11.3 Å². The summed E-state index contributed by atoms with van der Waals surface area (Å²) >= 11 is 5.22. The number of hydrogen-bond donors (Lipinski definition) is 1. The van der Waals surface area contributed by atoms with Crippen LogP contribution in [0.3, 0.4) is 0 Å². The summed E-state index contributed by atoms with van der Waals surface area (Å²) in [4.78, 5) is 6.81.